The van der Waals surface area contributed by atoms with Gasteiger partial charge < -0.3 is 10.1 Å². The molecule has 0 amide bonds. The number of ether oxygens (including phenoxy) is 1. The minimum atomic E-state index is 0.967. The molecule has 0 radical (unpaired) electrons. The van der Waals surface area contributed by atoms with Crippen LogP contribution in [0.2, 0.25) is 0 Å². The number of nitrogens with one attached hydrogen (secondary N) is 1. The highest BCUT2D eigenvalue weighted by atomic mass is 16.5. The van der Waals surface area contributed by atoms with Gasteiger partial charge in [-0.1, -0.05) is 37.3 Å². The van der Waals surface area contributed by atoms with Gasteiger partial charge in [0.05, 0.1) is 7.11 Å². The monoisotopic (exact) mass is 271 g/mol. The van der Waals surface area contributed by atoms with Gasteiger partial charge >= 0.3 is 0 Å². The average molecular weight is 271 g/mol. The fourth-order valence-corrected chi connectivity index (χ4v) is 2.60. The van der Waals surface area contributed by atoms with Gasteiger partial charge in [-0.3, -0.25) is 0 Å². The highest BCUT2D eigenvalue weighted by Crippen LogP contribution is 2.29. The van der Waals surface area contributed by atoms with E-state index < -0.39 is 0 Å². The lowest BCUT2D eigenvalue weighted by atomic mass is 9.99. The van der Waals surface area contributed by atoms with Crippen molar-refractivity contribution in [1.82, 2.24) is 5.32 Å². The Morgan fingerprint density at radius 3 is 2.50 bits per heavy atom. The second kappa shape index (κ2) is 7.91. The number of unbranched alkanes of at least 4 members (excludes halogenated alkanes) is 1. The van der Waals surface area contributed by atoms with Crippen LogP contribution in [0, 0.1) is 0 Å². The first kappa shape index (κ1) is 14.9. The molecule has 0 aliphatic heterocycles. The van der Waals surface area contributed by atoms with E-state index in [1.165, 1.54) is 35.6 Å². The normalized spacial score (nSPS) is 10.9. The Bertz CT molecular complexity index is 536. The molecular formula is C18H25NO. The third kappa shape index (κ3) is 3.73. The summed E-state index contributed by atoms with van der Waals surface area (Å²) in [6.07, 6.45) is 4.81. The zero-order chi connectivity index (χ0) is 14.2. The summed E-state index contributed by atoms with van der Waals surface area (Å²) in [6.45, 7) is 4.46. The van der Waals surface area contributed by atoms with E-state index in [9.17, 15) is 0 Å². The molecule has 2 heteroatoms. The first-order valence-corrected chi connectivity index (χ1v) is 7.62. The van der Waals surface area contributed by atoms with E-state index in [-0.39, 0.29) is 0 Å². The first-order valence-electron chi connectivity index (χ1n) is 7.62. The maximum atomic E-state index is 5.44. The van der Waals surface area contributed by atoms with Crippen LogP contribution < -0.4 is 10.1 Å². The number of hydrogen-bond acceptors (Lipinski definition) is 2. The lowest BCUT2D eigenvalue weighted by Crippen LogP contribution is -2.15. The first-order chi connectivity index (χ1) is 9.86. The van der Waals surface area contributed by atoms with Gasteiger partial charge in [0.2, 0.25) is 0 Å². The highest BCUT2D eigenvalue weighted by molar-refractivity contribution is 5.91. The van der Waals surface area contributed by atoms with Crippen LogP contribution in [0.25, 0.3) is 10.8 Å². The number of methoxy groups -OCH3 is 1. The number of rotatable bonds is 8. The Kier molecular flexibility index (Phi) is 5.87. The molecule has 0 spiro atoms. The smallest absolute Gasteiger partial charge is 0.126 e. The van der Waals surface area contributed by atoms with Gasteiger partial charge in [-0.05, 0) is 55.8 Å². The molecule has 0 atom stereocenters. The molecule has 0 bridgehead atoms. The number of fused-ring (bicyclic) bond motifs is 1. The summed E-state index contributed by atoms with van der Waals surface area (Å²) < 4.78 is 5.44. The van der Waals surface area contributed by atoms with Crippen molar-refractivity contribution >= 4 is 10.8 Å². The highest BCUT2D eigenvalue weighted by Gasteiger charge is 2.05. The Hall–Kier alpha value is -1.54. The molecular weight excluding hydrogens is 246 g/mol. The van der Waals surface area contributed by atoms with Crippen molar-refractivity contribution in [3.63, 3.8) is 0 Å². The van der Waals surface area contributed by atoms with Crippen LogP contribution in [0.4, 0.5) is 0 Å². The molecule has 2 rings (SSSR count). The fraction of sp³-hybridized carbons (Fsp3) is 0.444. The van der Waals surface area contributed by atoms with Crippen LogP contribution in [0.1, 0.15) is 31.7 Å². The van der Waals surface area contributed by atoms with Crippen molar-refractivity contribution in [2.45, 2.75) is 32.6 Å². The molecule has 0 aliphatic rings. The molecule has 108 valence electrons. The quantitative estimate of drug-likeness (QED) is 0.728. The lowest BCUT2D eigenvalue weighted by molar-refractivity contribution is 0.419. The lowest BCUT2D eigenvalue weighted by Gasteiger charge is -2.10. The molecule has 20 heavy (non-hydrogen) atoms. The summed E-state index contributed by atoms with van der Waals surface area (Å²) >= 11 is 0. The van der Waals surface area contributed by atoms with E-state index in [0.717, 1.165) is 25.3 Å². The molecule has 1 N–H and O–H groups in total. The van der Waals surface area contributed by atoms with Gasteiger partial charge in [-0.25, -0.2) is 0 Å². The van der Waals surface area contributed by atoms with Crippen LogP contribution in [-0.4, -0.2) is 20.2 Å². The van der Waals surface area contributed by atoms with Crippen molar-refractivity contribution in [3.8, 4) is 5.75 Å². The van der Waals surface area contributed by atoms with Gasteiger partial charge in [0, 0.05) is 5.39 Å². The summed E-state index contributed by atoms with van der Waals surface area (Å²) in [6, 6.07) is 12.8. The van der Waals surface area contributed by atoms with E-state index >= 15 is 0 Å². The van der Waals surface area contributed by atoms with Gasteiger partial charge in [0.1, 0.15) is 5.75 Å². The largest absolute Gasteiger partial charge is 0.496 e. The molecule has 2 aromatic rings. The third-order valence-electron chi connectivity index (χ3n) is 3.67. The third-order valence-corrected chi connectivity index (χ3v) is 3.67. The zero-order valence-electron chi connectivity index (χ0n) is 12.6. The SMILES string of the molecule is CCCNCCCCc1ccc(OC)c2ccccc12. The maximum Gasteiger partial charge on any atom is 0.126 e. The molecule has 0 aliphatic carbocycles. The molecule has 0 saturated carbocycles. The van der Waals surface area contributed by atoms with Crippen LogP contribution in [0.15, 0.2) is 36.4 Å². The van der Waals surface area contributed by atoms with Crippen molar-refractivity contribution in [2.24, 2.45) is 0 Å². The standard InChI is InChI=1S/C18H25NO/c1-3-13-19-14-7-6-8-15-11-12-18(20-2)17-10-5-4-9-16(15)17/h4-5,9-12,19H,3,6-8,13-14H2,1-2H3. The second-order valence-electron chi connectivity index (χ2n) is 5.18. The minimum Gasteiger partial charge on any atom is -0.496 e. The van der Waals surface area contributed by atoms with Gasteiger partial charge in [-0.2, -0.15) is 0 Å². The number of benzene rings is 2. The van der Waals surface area contributed by atoms with E-state index in [1.807, 2.05) is 0 Å². The van der Waals surface area contributed by atoms with Crippen LogP contribution in [-0.2, 0) is 6.42 Å². The molecule has 0 heterocycles. The second-order valence-corrected chi connectivity index (χ2v) is 5.18. The van der Waals surface area contributed by atoms with Gasteiger partial charge in [0.15, 0.2) is 0 Å². The van der Waals surface area contributed by atoms with Crippen molar-refractivity contribution < 1.29 is 4.74 Å². The van der Waals surface area contributed by atoms with Crippen LogP contribution >= 0.6 is 0 Å². The average Bonchev–Trinajstić information content (AvgIpc) is 2.50. The Morgan fingerprint density at radius 2 is 1.75 bits per heavy atom. The Morgan fingerprint density at radius 1 is 0.950 bits per heavy atom. The van der Waals surface area contributed by atoms with E-state index in [1.54, 1.807) is 7.11 Å². The summed E-state index contributed by atoms with van der Waals surface area (Å²) in [5, 5.41) is 6.00. The molecule has 0 aromatic heterocycles. The predicted octanol–water partition coefficient (Wildman–Crippen LogP) is 4.17. The number of hydrogen-bond donors (Lipinski definition) is 1. The molecule has 0 fully saturated rings. The molecule has 2 nitrogen and oxygen atoms in total. The van der Waals surface area contributed by atoms with E-state index in [2.05, 4.69) is 48.6 Å². The Labute approximate surface area is 122 Å². The molecule has 2 aromatic carbocycles. The molecule has 0 saturated heterocycles. The number of aryl methyl sites for hydroxylation is 1. The Balaban J connectivity index is 2.00. The molecule has 0 unspecified atom stereocenters. The minimum absolute atomic E-state index is 0.967. The van der Waals surface area contributed by atoms with E-state index in [0.29, 0.717) is 0 Å². The maximum absolute atomic E-state index is 5.44. The van der Waals surface area contributed by atoms with Gasteiger partial charge in [0.25, 0.3) is 0 Å². The summed E-state index contributed by atoms with van der Waals surface area (Å²) in [4.78, 5) is 0. The topological polar surface area (TPSA) is 21.3 Å². The summed E-state index contributed by atoms with van der Waals surface area (Å²) in [5.41, 5.74) is 1.43. The van der Waals surface area contributed by atoms with Gasteiger partial charge in [-0.15, -0.1) is 0 Å². The van der Waals surface area contributed by atoms with Crippen LogP contribution in [0.3, 0.4) is 0 Å². The summed E-state index contributed by atoms with van der Waals surface area (Å²) in [5.74, 6) is 0.967. The fourth-order valence-electron chi connectivity index (χ4n) is 2.60. The van der Waals surface area contributed by atoms with Crippen molar-refractivity contribution in [1.29, 1.82) is 0 Å². The predicted molar refractivity (Wildman–Crippen MR) is 86.6 cm³/mol. The zero-order valence-corrected chi connectivity index (χ0v) is 12.6. The van der Waals surface area contributed by atoms with Crippen molar-refractivity contribution in [2.75, 3.05) is 20.2 Å². The summed E-state index contributed by atoms with van der Waals surface area (Å²) in [7, 11) is 1.74. The van der Waals surface area contributed by atoms with Crippen LogP contribution in [0.5, 0.6) is 5.75 Å². The van der Waals surface area contributed by atoms with Crippen molar-refractivity contribution in [3.05, 3.63) is 42.0 Å². The van der Waals surface area contributed by atoms with E-state index in [4.69, 9.17) is 4.74 Å².